The van der Waals surface area contributed by atoms with Gasteiger partial charge in [-0.25, -0.2) is 4.98 Å². The van der Waals surface area contributed by atoms with Gasteiger partial charge in [-0.3, -0.25) is 4.79 Å². The molecule has 4 rings (SSSR count). The fraction of sp³-hybridized carbons (Fsp3) is 0.385. The minimum Gasteiger partial charge on any atom is -0.497 e. The molecule has 1 fully saturated rings. The molecule has 1 aromatic heterocycles. The molecule has 1 aliphatic rings. The van der Waals surface area contributed by atoms with Gasteiger partial charge in [-0.1, -0.05) is 18.2 Å². The van der Waals surface area contributed by atoms with Gasteiger partial charge in [-0.2, -0.15) is 13.2 Å². The predicted octanol–water partition coefficient (Wildman–Crippen LogP) is 5.97. The molecule has 0 radical (unpaired) electrons. The number of hydrogen-bond donors (Lipinski definition) is 2. The van der Waals surface area contributed by atoms with Crippen LogP contribution in [0.2, 0.25) is 0 Å². The molecule has 34 heavy (non-hydrogen) atoms. The van der Waals surface area contributed by atoms with E-state index in [1.54, 1.807) is 43.5 Å². The smallest absolute Gasteiger partial charge is 0.433 e. The lowest BCUT2D eigenvalue weighted by Crippen LogP contribution is -2.38. The molecule has 180 valence electrons. The number of aryl methyl sites for hydroxylation is 1. The first-order valence-electron chi connectivity index (χ1n) is 11.4. The third-order valence-corrected chi connectivity index (χ3v) is 6.45. The summed E-state index contributed by atoms with van der Waals surface area (Å²) in [4.78, 5) is 16.5. The number of nitrogens with one attached hydrogen (secondary N) is 2. The Morgan fingerprint density at radius 1 is 1.09 bits per heavy atom. The lowest BCUT2D eigenvalue weighted by molar-refractivity contribution is -0.140. The van der Waals surface area contributed by atoms with Crippen molar-refractivity contribution in [2.75, 3.05) is 19.0 Å². The Morgan fingerprint density at radius 3 is 2.50 bits per heavy atom. The molecule has 0 saturated heterocycles. The zero-order valence-corrected chi connectivity index (χ0v) is 19.2. The van der Waals surface area contributed by atoms with Crippen molar-refractivity contribution >= 4 is 22.5 Å². The average molecular weight is 472 g/mol. The van der Waals surface area contributed by atoms with Crippen LogP contribution >= 0.6 is 0 Å². The number of carbonyl (C=O) groups is 1. The monoisotopic (exact) mass is 471 g/mol. The Balaban J connectivity index is 1.34. The molecule has 5 nitrogen and oxygen atoms in total. The van der Waals surface area contributed by atoms with E-state index in [9.17, 15) is 18.0 Å². The Kier molecular flexibility index (Phi) is 6.95. The molecule has 0 bridgehead atoms. The standard InChI is InChI=1S/C26H28F3N3O2/c1-16-13-19(34-2)11-12-20(16)25(33)31-18-9-7-17(8-10-18)15-30-23-14-24(26(27,28)29)32-22-6-4-3-5-21(22)23/h3-6,11-14,17-18H,7-10,15H2,1-2H3,(H,30,32)(H,31,33)/t17-,18+. The van der Waals surface area contributed by atoms with Crippen LogP contribution in [-0.2, 0) is 6.18 Å². The number of fused-ring (bicyclic) bond motifs is 1. The van der Waals surface area contributed by atoms with Crippen molar-refractivity contribution in [1.82, 2.24) is 10.3 Å². The summed E-state index contributed by atoms with van der Waals surface area (Å²) in [6.07, 6.45) is -1.07. The molecular formula is C26H28F3N3O2. The molecule has 0 spiro atoms. The summed E-state index contributed by atoms with van der Waals surface area (Å²) in [5.41, 5.74) is 1.37. The maximum atomic E-state index is 13.3. The van der Waals surface area contributed by atoms with Crippen molar-refractivity contribution in [3.8, 4) is 5.75 Å². The van der Waals surface area contributed by atoms with Gasteiger partial charge in [0.1, 0.15) is 11.4 Å². The molecule has 1 saturated carbocycles. The SMILES string of the molecule is COc1ccc(C(=O)N[C@H]2CC[C@@H](CNc3cc(C(F)(F)F)nc4ccccc34)CC2)c(C)c1. The fourth-order valence-electron chi connectivity index (χ4n) is 4.51. The highest BCUT2D eigenvalue weighted by atomic mass is 19.4. The summed E-state index contributed by atoms with van der Waals surface area (Å²) in [7, 11) is 1.59. The Bertz CT molecular complexity index is 1170. The van der Waals surface area contributed by atoms with Gasteiger partial charge in [0.15, 0.2) is 0 Å². The van der Waals surface area contributed by atoms with Crippen LogP contribution in [0.4, 0.5) is 18.9 Å². The van der Waals surface area contributed by atoms with Gasteiger partial charge < -0.3 is 15.4 Å². The molecule has 2 aromatic carbocycles. The molecule has 0 atom stereocenters. The second kappa shape index (κ2) is 9.91. The molecule has 8 heteroatoms. The maximum Gasteiger partial charge on any atom is 0.433 e. The van der Waals surface area contributed by atoms with Crippen LogP contribution < -0.4 is 15.4 Å². The van der Waals surface area contributed by atoms with E-state index in [1.807, 2.05) is 13.0 Å². The zero-order chi connectivity index (χ0) is 24.3. The fourth-order valence-corrected chi connectivity index (χ4v) is 4.51. The number of benzene rings is 2. The van der Waals surface area contributed by atoms with E-state index in [1.165, 1.54) is 0 Å². The number of ether oxygens (including phenoxy) is 1. The number of para-hydroxylation sites is 1. The van der Waals surface area contributed by atoms with Crippen molar-refractivity contribution < 1.29 is 22.7 Å². The minimum absolute atomic E-state index is 0.0869. The van der Waals surface area contributed by atoms with Crippen molar-refractivity contribution in [3.63, 3.8) is 0 Å². The number of amides is 1. The number of aromatic nitrogens is 1. The number of carbonyl (C=O) groups excluding carboxylic acids is 1. The molecule has 1 aliphatic carbocycles. The molecule has 0 aliphatic heterocycles. The quantitative estimate of drug-likeness (QED) is 0.465. The summed E-state index contributed by atoms with van der Waals surface area (Å²) in [6.45, 7) is 2.45. The zero-order valence-electron chi connectivity index (χ0n) is 19.2. The van der Waals surface area contributed by atoms with Gasteiger partial charge in [0, 0.05) is 29.2 Å². The normalized spacial score (nSPS) is 18.5. The second-order valence-electron chi connectivity index (χ2n) is 8.82. The lowest BCUT2D eigenvalue weighted by atomic mass is 9.85. The largest absolute Gasteiger partial charge is 0.497 e. The molecule has 3 aromatic rings. The van der Waals surface area contributed by atoms with E-state index in [0.717, 1.165) is 37.3 Å². The highest BCUT2D eigenvalue weighted by molar-refractivity contribution is 5.96. The maximum absolute atomic E-state index is 13.3. The third kappa shape index (κ3) is 5.43. The van der Waals surface area contributed by atoms with Crippen molar-refractivity contribution in [1.29, 1.82) is 0 Å². The Labute approximate surface area is 196 Å². The lowest BCUT2D eigenvalue weighted by Gasteiger charge is -2.30. The van der Waals surface area contributed by atoms with Gasteiger partial charge in [-0.15, -0.1) is 0 Å². The number of methoxy groups -OCH3 is 1. The van der Waals surface area contributed by atoms with Crippen LogP contribution in [0.1, 0.15) is 47.3 Å². The summed E-state index contributed by atoms with van der Waals surface area (Å²) in [5, 5.41) is 7.03. The number of alkyl halides is 3. The van der Waals surface area contributed by atoms with Crippen LogP contribution in [0.25, 0.3) is 10.9 Å². The second-order valence-corrected chi connectivity index (χ2v) is 8.82. The van der Waals surface area contributed by atoms with E-state index in [-0.39, 0.29) is 11.9 Å². The van der Waals surface area contributed by atoms with Crippen LogP contribution in [-0.4, -0.2) is 30.6 Å². The molecular weight excluding hydrogens is 443 g/mol. The van der Waals surface area contributed by atoms with E-state index in [2.05, 4.69) is 15.6 Å². The van der Waals surface area contributed by atoms with Gasteiger partial charge in [-0.05, 0) is 74.4 Å². The molecule has 1 amide bonds. The van der Waals surface area contributed by atoms with Crippen LogP contribution in [0, 0.1) is 12.8 Å². The van der Waals surface area contributed by atoms with Gasteiger partial charge in [0.25, 0.3) is 5.91 Å². The Morgan fingerprint density at radius 2 is 1.82 bits per heavy atom. The van der Waals surface area contributed by atoms with E-state index in [0.29, 0.717) is 40.4 Å². The van der Waals surface area contributed by atoms with E-state index < -0.39 is 11.9 Å². The highest BCUT2D eigenvalue weighted by Crippen LogP contribution is 2.34. The first kappa shape index (κ1) is 23.9. The number of pyridine rings is 1. The number of halogens is 3. The van der Waals surface area contributed by atoms with Crippen molar-refractivity contribution in [2.45, 2.75) is 44.8 Å². The van der Waals surface area contributed by atoms with Gasteiger partial charge in [0.2, 0.25) is 0 Å². The predicted molar refractivity (Wildman–Crippen MR) is 126 cm³/mol. The molecule has 2 N–H and O–H groups in total. The minimum atomic E-state index is -4.50. The van der Waals surface area contributed by atoms with E-state index in [4.69, 9.17) is 4.74 Å². The summed E-state index contributed by atoms with van der Waals surface area (Å²) < 4.78 is 45.1. The molecule has 0 unspecified atom stereocenters. The summed E-state index contributed by atoms with van der Waals surface area (Å²) in [6, 6.07) is 13.4. The number of anilines is 1. The number of nitrogens with zero attached hydrogens (tertiary/aromatic N) is 1. The van der Waals surface area contributed by atoms with Crippen molar-refractivity contribution in [2.24, 2.45) is 5.92 Å². The first-order valence-corrected chi connectivity index (χ1v) is 11.4. The van der Waals surface area contributed by atoms with Crippen LogP contribution in [0.3, 0.4) is 0 Å². The van der Waals surface area contributed by atoms with Crippen LogP contribution in [0.5, 0.6) is 5.75 Å². The van der Waals surface area contributed by atoms with E-state index >= 15 is 0 Å². The van der Waals surface area contributed by atoms with Gasteiger partial charge in [0.05, 0.1) is 12.6 Å². The summed E-state index contributed by atoms with van der Waals surface area (Å²) >= 11 is 0. The highest BCUT2D eigenvalue weighted by Gasteiger charge is 2.33. The topological polar surface area (TPSA) is 63.2 Å². The van der Waals surface area contributed by atoms with Crippen molar-refractivity contribution in [3.05, 3.63) is 65.4 Å². The average Bonchev–Trinajstić information content (AvgIpc) is 2.82. The number of hydrogen-bond acceptors (Lipinski definition) is 4. The third-order valence-electron chi connectivity index (χ3n) is 6.45. The summed E-state index contributed by atoms with van der Waals surface area (Å²) in [5.74, 6) is 0.938. The van der Waals surface area contributed by atoms with Gasteiger partial charge >= 0.3 is 6.18 Å². The first-order chi connectivity index (χ1) is 16.2. The Hall–Kier alpha value is -3.29. The van der Waals surface area contributed by atoms with Crippen LogP contribution in [0.15, 0.2) is 48.5 Å². The molecule has 1 heterocycles. The number of rotatable bonds is 6.